The number of fused-ring (bicyclic) bond motifs is 11. The van der Waals surface area contributed by atoms with Crippen LogP contribution in [0.25, 0.3) is 121 Å². The third-order valence-corrected chi connectivity index (χ3v) is 14.2. The predicted molar refractivity (Wildman–Crippen MR) is 258 cm³/mol. The highest BCUT2D eigenvalue weighted by Gasteiger charge is 2.42. The van der Waals surface area contributed by atoms with Crippen LogP contribution >= 0.6 is 0 Å². The zero-order valence-electron chi connectivity index (χ0n) is 33.0. The molecule has 10 aromatic carbocycles. The number of benzene rings is 10. The SMILES string of the molecule is c1ccc(-c2cc3c4c(c2)-n2c5cccc6c5c5c7c(cccc7cc(c52)B4c2cc(-c4ccccc4)cc4c5cc(-c7ccccc7)ccc5n-3c24)-c2ccccc2-6)cc1. The highest BCUT2D eigenvalue weighted by Crippen LogP contribution is 2.51. The van der Waals surface area contributed by atoms with Crippen molar-refractivity contribution in [2.24, 2.45) is 0 Å². The van der Waals surface area contributed by atoms with Crippen molar-refractivity contribution in [3.8, 4) is 67.0 Å². The quantitative estimate of drug-likeness (QED) is 0.158. The zero-order chi connectivity index (χ0) is 39.5. The highest BCUT2D eigenvalue weighted by molar-refractivity contribution is 7.00. The molecule has 61 heavy (non-hydrogen) atoms. The van der Waals surface area contributed by atoms with E-state index >= 15 is 0 Å². The molecule has 0 atom stereocenters. The Balaban J connectivity index is 1.17. The van der Waals surface area contributed by atoms with Gasteiger partial charge in [0.25, 0.3) is 6.71 Å². The molecule has 4 heterocycles. The number of aromatic nitrogens is 2. The standard InChI is InChI=1S/C58H33BN2/c1-4-14-34(15-5-1)37-26-27-49-45(28-37)46-29-39(35-16-6-2-7-17-35)31-47-57(46)60(49)51-32-40(36-18-8-3-9-19-36)33-52-56(51)59(47)48-30-38-20-12-23-43-41-21-10-11-22-42(41)44-24-13-25-50-54(44)55(53(38)43)58(48)61(50)52/h1-33H. The largest absolute Gasteiger partial charge is 0.310 e. The van der Waals surface area contributed by atoms with Crippen LogP contribution in [0.5, 0.6) is 0 Å². The first-order chi connectivity index (χ1) is 30.3. The predicted octanol–water partition coefficient (Wildman–Crippen LogP) is 12.8. The van der Waals surface area contributed by atoms with E-state index in [-0.39, 0.29) is 6.71 Å². The van der Waals surface area contributed by atoms with Crippen molar-refractivity contribution in [1.82, 2.24) is 9.13 Å². The maximum Gasteiger partial charge on any atom is 0.252 e. The summed E-state index contributed by atoms with van der Waals surface area (Å²) in [6, 6.07) is 75.4. The van der Waals surface area contributed by atoms with E-state index in [0.717, 1.165) is 0 Å². The van der Waals surface area contributed by atoms with Crippen molar-refractivity contribution < 1.29 is 0 Å². The van der Waals surface area contributed by atoms with Crippen LogP contribution in [0.4, 0.5) is 0 Å². The normalized spacial score (nSPS) is 12.9. The fourth-order valence-electron chi connectivity index (χ4n) is 11.8. The van der Waals surface area contributed by atoms with Gasteiger partial charge in [-0.1, -0.05) is 164 Å². The summed E-state index contributed by atoms with van der Waals surface area (Å²) < 4.78 is 5.26. The fourth-order valence-corrected chi connectivity index (χ4v) is 11.8. The van der Waals surface area contributed by atoms with Crippen molar-refractivity contribution in [2.75, 3.05) is 0 Å². The van der Waals surface area contributed by atoms with Gasteiger partial charge in [-0.15, -0.1) is 0 Å². The first-order valence-electron chi connectivity index (χ1n) is 21.4. The summed E-state index contributed by atoms with van der Waals surface area (Å²) in [6.07, 6.45) is 0. The van der Waals surface area contributed by atoms with Gasteiger partial charge in [0, 0.05) is 38.4 Å². The minimum absolute atomic E-state index is 0.00494. The molecule has 0 spiro atoms. The Morgan fingerprint density at radius 1 is 0.311 bits per heavy atom. The van der Waals surface area contributed by atoms with Gasteiger partial charge < -0.3 is 9.13 Å². The van der Waals surface area contributed by atoms with Crippen molar-refractivity contribution in [3.63, 3.8) is 0 Å². The molecule has 2 aliphatic heterocycles. The molecule has 3 aliphatic rings. The van der Waals surface area contributed by atoms with Crippen LogP contribution in [0.3, 0.4) is 0 Å². The summed E-state index contributed by atoms with van der Waals surface area (Å²) >= 11 is 0. The van der Waals surface area contributed by atoms with E-state index in [2.05, 4.69) is 209 Å². The fraction of sp³-hybridized carbons (Fsp3) is 0. The molecule has 2 nitrogen and oxygen atoms in total. The van der Waals surface area contributed by atoms with Gasteiger partial charge in [-0.05, 0) is 119 Å². The molecule has 0 N–H and O–H groups in total. The van der Waals surface area contributed by atoms with E-state index in [0.29, 0.717) is 0 Å². The summed E-state index contributed by atoms with van der Waals surface area (Å²) in [6.45, 7) is 0.00494. The molecule has 0 unspecified atom stereocenters. The molecular weight excluding hydrogens is 735 g/mol. The van der Waals surface area contributed by atoms with E-state index in [1.54, 1.807) is 0 Å². The number of hydrogen-bond acceptors (Lipinski definition) is 0. The number of hydrogen-bond donors (Lipinski definition) is 0. The van der Waals surface area contributed by atoms with Crippen molar-refractivity contribution >= 4 is 77.5 Å². The van der Waals surface area contributed by atoms with E-state index in [9.17, 15) is 0 Å². The summed E-state index contributed by atoms with van der Waals surface area (Å²) in [4.78, 5) is 0. The second-order valence-corrected chi connectivity index (χ2v) is 17.2. The lowest BCUT2D eigenvalue weighted by atomic mass is 9.34. The van der Waals surface area contributed by atoms with Crippen molar-refractivity contribution in [2.45, 2.75) is 0 Å². The summed E-state index contributed by atoms with van der Waals surface area (Å²) in [5.41, 5.74) is 24.4. The molecule has 2 aromatic heterocycles. The zero-order valence-corrected chi connectivity index (χ0v) is 33.0. The smallest absolute Gasteiger partial charge is 0.252 e. The van der Waals surface area contributed by atoms with Crippen LogP contribution in [-0.2, 0) is 0 Å². The van der Waals surface area contributed by atoms with E-state index in [1.165, 1.54) is 138 Å². The number of nitrogens with zero attached hydrogens (tertiary/aromatic N) is 2. The third-order valence-electron chi connectivity index (χ3n) is 14.2. The van der Waals surface area contributed by atoms with Gasteiger partial charge in [0.1, 0.15) is 0 Å². The molecule has 0 radical (unpaired) electrons. The Bertz CT molecular complexity index is 3910. The molecule has 278 valence electrons. The molecule has 0 fully saturated rings. The van der Waals surface area contributed by atoms with Gasteiger partial charge in [0.2, 0.25) is 0 Å². The number of rotatable bonds is 3. The molecule has 0 saturated heterocycles. The lowest BCUT2D eigenvalue weighted by Crippen LogP contribution is -2.59. The first-order valence-corrected chi connectivity index (χ1v) is 21.4. The Morgan fingerprint density at radius 3 is 1.54 bits per heavy atom. The minimum Gasteiger partial charge on any atom is -0.310 e. The lowest BCUT2D eigenvalue weighted by Gasteiger charge is -2.35. The highest BCUT2D eigenvalue weighted by atomic mass is 15.0. The third kappa shape index (κ3) is 4.04. The van der Waals surface area contributed by atoms with Crippen LogP contribution < -0.4 is 16.4 Å². The van der Waals surface area contributed by atoms with Gasteiger partial charge in [-0.3, -0.25) is 0 Å². The maximum absolute atomic E-state index is 2.65. The Morgan fingerprint density at radius 2 is 0.852 bits per heavy atom. The summed E-state index contributed by atoms with van der Waals surface area (Å²) in [7, 11) is 0. The van der Waals surface area contributed by atoms with Crippen LogP contribution in [0.2, 0.25) is 0 Å². The maximum atomic E-state index is 2.65. The Labute approximate surface area is 352 Å². The van der Waals surface area contributed by atoms with Gasteiger partial charge >= 0.3 is 0 Å². The van der Waals surface area contributed by atoms with Crippen LogP contribution in [0.1, 0.15) is 0 Å². The van der Waals surface area contributed by atoms with Gasteiger partial charge in [-0.2, -0.15) is 0 Å². The first kappa shape index (κ1) is 32.0. The minimum atomic E-state index is 0.00494. The molecule has 0 bridgehead atoms. The van der Waals surface area contributed by atoms with E-state index in [1.807, 2.05) is 0 Å². The molecule has 12 aromatic rings. The topological polar surface area (TPSA) is 9.86 Å². The van der Waals surface area contributed by atoms with E-state index < -0.39 is 0 Å². The summed E-state index contributed by atoms with van der Waals surface area (Å²) in [5, 5.41) is 7.94. The molecular formula is C58H33BN2. The van der Waals surface area contributed by atoms with E-state index in [4.69, 9.17) is 0 Å². The van der Waals surface area contributed by atoms with Crippen molar-refractivity contribution in [1.29, 1.82) is 0 Å². The molecule has 0 saturated carbocycles. The molecule has 0 amide bonds. The summed E-state index contributed by atoms with van der Waals surface area (Å²) in [5.74, 6) is 0. The van der Waals surface area contributed by atoms with Gasteiger partial charge in [-0.25, -0.2) is 0 Å². The monoisotopic (exact) mass is 768 g/mol. The molecule has 1 aliphatic carbocycles. The van der Waals surface area contributed by atoms with Crippen molar-refractivity contribution in [3.05, 3.63) is 200 Å². The molecule has 3 heteroatoms. The Hall–Kier alpha value is -7.88. The Kier molecular flexibility index (Phi) is 6.01. The van der Waals surface area contributed by atoms with Gasteiger partial charge in [0.15, 0.2) is 0 Å². The van der Waals surface area contributed by atoms with Crippen LogP contribution in [-0.4, -0.2) is 15.8 Å². The van der Waals surface area contributed by atoms with Crippen LogP contribution in [0.15, 0.2) is 200 Å². The second kappa shape index (κ2) is 11.4. The van der Waals surface area contributed by atoms with Gasteiger partial charge in [0.05, 0.1) is 16.6 Å². The van der Waals surface area contributed by atoms with Crippen LogP contribution in [0, 0.1) is 0 Å². The second-order valence-electron chi connectivity index (χ2n) is 17.2. The average molecular weight is 769 g/mol. The molecule has 15 rings (SSSR count). The lowest BCUT2D eigenvalue weighted by molar-refractivity contribution is 1.14. The average Bonchev–Trinajstić information content (AvgIpc) is 3.82.